The van der Waals surface area contributed by atoms with Crippen molar-refractivity contribution >= 4 is 17.8 Å². The molecule has 0 spiro atoms. The Kier molecular flexibility index (Phi) is 7.33. The minimum absolute atomic E-state index is 0.0395. The van der Waals surface area contributed by atoms with Gasteiger partial charge >= 0.3 is 11.9 Å². The van der Waals surface area contributed by atoms with Crippen LogP contribution in [0.25, 0.3) is 16.9 Å². The molecule has 9 nitrogen and oxygen atoms in total. The van der Waals surface area contributed by atoms with Gasteiger partial charge in [-0.25, -0.2) is 9.59 Å². The van der Waals surface area contributed by atoms with E-state index in [9.17, 15) is 19.6 Å². The minimum Gasteiger partial charge on any atom is -0.494 e. The summed E-state index contributed by atoms with van der Waals surface area (Å²) in [6, 6.07) is 17.3. The van der Waals surface area contributed by atoms with E-state index in [-0.39, 0.29) is 22.5 Å². The van der Waals surface area contributed by atoms with Gasteiger partial charge in [0.05, 0.1) is 38.2 Å². The van der Waals surface area contributed by atoms with Crippen molar-refractivity contribution in [3.05, 3.63) is 71.4 Å². The van der Waals surface area contributed by atoms with E-state index in [0.29, 0.717) is 23.6 Å². The lowest BCUT2D eigenvalue weighted by atomic mass is 9.92. The first-order valence-electron chi connectivity index (χ1n) is 10.3. The van der Waals surface area contributed by atoms with E-state index in [1.54, 1.807) is 54.6 Å². The second-order valence-electron chi connectivity index (χ2n) is 7.06. The Morgan fingerprint density at radius 1 is 1.00 bits per heavy atom. The first-order chi connectivity index (χ1) is 16.4. The average Bonchev–Trinajstić information content (AvgIpc) is 3.20. The van der Waals surface area contributed by atoms with E-state index in [0.717, 1.165) is 14.2 Å². The number of rotatable bonds is 8. The summed E-state index contributed by atoms with van der Waals surface area (Å²) in [7, 11) is 2.30. The predicted octanol–water partition coefficient (Wildman–Crippen LogP) is 3.21. The van der Waals surface area contributed by atoms with Crippen LogP contribution in [-0.2, 0) is 14.3 Å². The van der Waals surface area contributed by atoms with Gasteiger partial charge in [0.2, 0.25) is 5.91 Å². The summed E-state index contributed by atoms with van der Waals surface area (Å²) >= 11 is 0. The van der Waals surface area contributed by atoms with Crippen molar-refractivity contribution in [2.24, 2.45) is 5.73 Å². The molecule has 3 aromatic rings. The molecule has 174 valence electrons. The van der Waals surface area contributed by atoms with Gasteiger partial charge in [-0.05, 0) is 36.8 Å². The van der Waals surface area contributed by atoms with Gasteiger partial charge in [-0.15, -0.1) is 0 Å². The molecule has 0 radical (unpaired) electrons. The molecule has 2 aromatic carbocycles. The number of aromatic nitrogens is 1. The number of nitriles is 1. The van der Waals surface area contributed by atoms with Crippen LogP contribution >= 0.6 is 0 Å². The van der Waals surface area contributed by atoms with Crippen molar-refractivity contribution < 1.29 is 28.6 Å². The zero-order valence-corrected chi connectivity index (χ0v) is 18.9. The number of hydrogen-bond acceptors (Lipinski definition) is 7. The number of esters is 2. The van der Waals surface area contributed by atoms with Gasteiger partial charge in [0, 0.05) is 11.3 Å². The number of hydrogen-bond donors (Lipinski definition) is 1. The third-order valence-electron chi connectivity index (χ3n) is 5.13. The fourth-order valence-corrected chi connectivity index (χ4v) is 3.74. The number of ether oxygens (including phenoxy) is 3. The Bertz CT molecular complexity index is 1260. The molecule has 0 aliphatic heterocycles. The van der Waals surface area contributed by atoms with Gasteiger partial charge in [-0.1, -0.05) is 30.3 Å². The predicted molar refractivity (Wildman–Crippen MR) is 123 cm³/mol. The lowest BCUT2D eigenvalue weighted by Crippen LogP contribution is -2.23. The highest BCUT2D eigenvalue weighted by atomic mass is 16.5. The molecule has 3 rings (SSSR count). The largest absolute Gasteiger partial charge is 0.494 e. The molecule has 1 atom stereocenters. The van der Waals surface area contributed by atoms with Gasteiger partial charge in [-0.3, -0.25) is 4.79 Å². The highest BCUT2D eigenvalue weighted by Gasteiger charge is 2.38. The van der Waals surface area contributed by atoms with Crippen LogP contribution in [0.1, 0.15) is 39.3 Å². The third kappa shape index (κ3) is 4.34. The molecule has 0 saturated carbocycles. The molecule has 0 aliphatic carbocycles. The lowest BCUT2D eigenvalue weighted by molar-refractivity contribution is -0.118. The summed E-state index contributed by atoms with van der Waals surface area (Å²) in [4.78, 5) is 38.3. The fourth-order valence-electron chi connectivity index (χ4n) is 3.74. The highest BCUT2D eigenvalue weighted by Crippen LogP contribution is 2.40. The SMILES string of the molecule is CCOc1ccc(-n2c(C(=O)OC)c(C(=O)OC)c(C(C#N)C(N)=O)c2-c2ccccc2)cc1. The normalized spacial score (nSPS) is 11.2. The van der Waals surface area contributed by atoms with E-state index in [1.807, 2.05) is 13.0 Å². The summed E-state index contributed by atoms with van der Waals surface area (Å²) in [6.07, 6.45) is 0. The van der Waals surface area contributed by atoms with Crippen LogP contribution in [0.2, 0.25) is 0 Å². The van der Waals surface area contributed by atoms with Crippen LogP contribution in [0.5, 0.6) is 5.75 Å². The number of nitrogens with zero attached hydrogens (tertiary/aromatic N) is 2. The monoisotopic (exact) mass is 461 g/mol. The molecule has 1 aromatic heterocycles. The maximum atomic E-state index is 13.0. The van der Waals surface area contributed by atoms with Gasteiger partial charge in [0.25, 0.3) is 0 Å². The maximum absolute atomic E-state index is 13.0. The summed E-state index contributed by atoms with van der Waals surface area (Å²) in [5.41, 5.74) is 6.28. The van der Waals surface area contributed by atoms with E-state index < -0.39 is 23.8 Å². The van der Waals surface area contributed by atoms with Crippen LogP contribution in [0.15, 0.2) is 54.6 Å². The molecular formula is C25H23N3O6. The van der Waals surface area contributed by atoms with Crippen molar-refractivity contribution in [3.63, 3.8) is 0 Å². The number of carbonyl (C=O) groups is 3. The number of primary amides is 1. The minimum atomic E-state index is -1.54. The first-order valence-corrected chi connectivity index (χ1v) is 10.3. The number of amides is 1. The quantitative estimate of drug-likeness (QED) is 0.509. The first kappa shape index (κ1) is 24.1. The van der Waals surface area contributed by atoms with E-state index in [1.165, 1.54) is 4.57 Å². The summed E-state index contributed by atoms with van der Waals surface area (Å²) in [5.74, 6) is -3.71. The molecule has 0 fully saturated rings. The number of methoxy groups -OCH3 is 2. The van der Waals surface area contributed by atoms with E-state index in [4.69, 9.17) is 19.9 Å². The topological polar surface area (TPSA) is 134 Å². The molecule has 0 aliphatic rings. The number of carbonyl (C=O) groups excluding carboxylic acids is 3. The smallest absolute Gasteiger partial charge is 0.355 e. The van der Waals surface area contributed by atoms with Gasteiger partial charge in [0.15, 0.2) is 5.92 Å². The zero-order valence-electron chi connectivity index (χ0n) is 18.9. The van der Waals surface area contributed by atoms with Crippen LogP contribution in [0.4, 0.5) is 0 Å². The van der Waals surface area contributed by atoms with Gasteiger partial charge < -0.3 is 24.5 Å². The summed E-state index contributed by atoms with van der Waals surface area (Å²) < 4.78 is 16.9. The van der Waals surface area contributed by atoms with E-state index >= 15 is 0 Å². The standard InChI is InChI=1S/C25H23N3O6/c1-4-34-17-12-10-16(11-13-17)28-21(15-8-6-5-7-9-15)19(18(14-26)23(27)29)20(24(30)32-2)22(28)25(31)33-3/h5-13,18H,4H2,1-3H3,(H2,27,29). The van der Waals surface area contributed by atoms with Crippen molar-refractivity contribution in [2.45, 2.75) is 12.8 Å². The molecule has 34 heavy (non-hydrogen) atoms. The van der Waals surface area contributed by atoms with Crippen molar-refractivity contribution in [1.82, 2.24) is 4.57 Å². The Morgan fingerprint density at radius 2 is 1.62 bits per heavy atom. The molecule has 2 N–H and O–H groups in total. The van der Waals surface area contributed by atoms with Crippen LogP contribution in [-0.4, -0.2) is 43.2 Å². The second kappa shape index (κ2) is 10.4. The molecule has 1 amide bonds. The second-order valence-corrected chi connectivity index (χ2v) is 7.06. The molecule has 0 bridgehead atoms. The maximum Gasteiger partial charge on any atom is 0.355 e. The van der Waals surface area contributed by atoms with Crippen molar-refractivity contribution in [3.8, 4) is 28.8 Å². The van der Waals surface area contributed by atoms with Crippen molar-refractivity contribution in [1.29, 1.82) is 5.26 Å². The van der Waals surface area contributed by atoms with E-state index in [2.05, 4.69) is 0 Å². The molecular weight excluding hydrogens is 438 g/mol. The lowest BCUT2D eigenvalue weighted by Gasteiger charge is -2.15. The fraction of sp³-hybridized carbons (Fsp3) is 0.200. The van der Waals surface area contributed by atoms with Gasteiger partial charge in [-0.2, -0.15) is 5.26 Å². The van der Waals surface area contributed by atoms with Crippen LogP contribution in [0.3, 0.4) is 0 Å². The summed E-state index contributed by atoms with van der Waals surface area (Å²) in [5, 5.41) is 9.82. The highest BCUT2D eigenvalue weighted by molar-refractivity contribution is 6.08. The third-order valence-corrected chi connectivity index (χ3v) is 5.13. The molecule has 1 heterocycles. The Morgan fingerprint density at radius 3 is 2.12 bits per heavy atom. The number of nitrogens with two attached hydrogens (primary N) is 1. The Balaban J connectivity index is 2.55. The average molecular weight is 461 g/mol. The Labute approximate surface area is 196 Å². The van der Waals surface area contributed by atoms with Crippen LogP contribution < -0.4 is 10.5 Å². The number of benzene rings is 2. The zero-order chi connectivity index (χ0) is 24.8. The van der Waals surface area contributed by atoms with Crippen molar-refractivity contribution in [2.75, 3.05) is 20.8 Å². The Hall–Kier alpha value is -4.58. The van der Waals surface area contributed by atoms with Gasteiger partial charge in [0.1, 0.15) is 11.4 Å². The molecule has 0 saturated heterocycles. The molecule has 1 unspecified atom stereocenters. The van der Waals surface area contributed by atoms with Crippen LogP contribution in [0, 0.1) is 11.3 Å². The summed E-state index contributed by atoms with van der Waals surface area (Å²) in [6.45, 7) is 2.31. The molecule has 9 heteroatoms.